The molecular formula is C32H30N4O3S. The average molecular weight is 551 g/mol. The average Bonchev–Trinajstić information content (AvgIpc) is 3.75. The molecule has 0 unspecified atom stereocenters. The molecule has 0 radical (unpaired) electrons. The summed E-state index contributed by atoms with van der Waals surface area (Å²) in [4.78, 5) is 37.5. The van der Waals surface area contributed by atoms with Crippen LogP contribution in [0.15, 0.2) is 72.8 Å². The quantitative estimate of drug-likeness (QED) is 0.360. The number of aromatic nitrogens is 1. The number of morpholine rings is 1. The van der Waals surface area contributed by atoms with Crippen LogP contribution < -0.4 is 15.1 Å². The van der Waals surface area contributed by atoms with E-state index in [1.54, 1.807) is 6.07 Å². The third kappa shape index (κ3) is 4.89. The van der Waals surface area contributed by atoms with Crippen molar-refractivity contribution in [2.45, 2.75) is 25.3 Å². The number of ether oxygens (including phenoxy) is 1. The van der Waals surface area contributed by atoms with Gasteiger partial charge in [-0.15, -0.1) is 11.3 Å². The number of nitrogens with zero attached hydrogens (tertiary/aromatic N) is 3. The number of para-hydroxylation sites is 1. The predicted octanol–water partition coefficient (Wildman–Crippen LogP) is 5.41. The van der Waals surface area contributed by atoms with Crippen LogP contribution in [0.1, 0.15) is 38.6 Å². The molecule has 1 aliphatic carbocycles. The van der Waals surface area contributed by atoms with Crippen LogP contribution in [-0.2, 0) is 11.2 Å². The van der Waals surface area contributed by atoms with Gasteiger partial charge in [0.2, 0.25) is 0 Å². The fourth-order valence-electron chi connectivity index (χ4n) is 5.44. The lowest BCUT2D eigenvalue weighted by Gasteiger charge is -2.29. The van der Waals surface area contributed by atoms with E-state index >= 15 is 0 Å². The number of nitrogens with one attached hydrogen (secondary N) is 1. The molecule has 1 saturated heterocycles. The number of carbonyl (C=O) groups is 2. The van der Waals surface area contributed by atoms with Gasteiger partial charge in [0.05, 0.1) is 29.5 Å². The highest BCUT2D eigenvalue weighted by atomic mass is 32.1. The van der Waals surface area contributed by atoms with Gasteiger partial charge in [0.15, 0.2) is 0 Å². The Kier molecular flexibility index (Phi) is 6.57. The van der Waals surface area contributed by atoms with Crippen molar-refractivity contribution in [1.82, 2.24) is 10.3 Å². The number of thiophene rings is 1. The lowest BCUT2D eigenvalue weighted by Crippen LogP contribution is -2.36. The van der Waals surface area contributed by atoms with Crippen LogP contribution >= 0.6 is 11.3 Å². The Hall–Kier alpha value is -4.01. The Bertz CT molecular complexity index is 1590. The first-order valence-electron chi connectivity index (χ1n) is 13.9. The van der Waals surface area contributed by atoms with Crippen molar-refractivity contribution in [3.63, 3.8) is 0 Å². The van der Waals surface area contributed by atoms with Crippen molar-refractivity contribution in [1.29, 1.82) is 0 Å². The number of amides is 2. The molecule has 2 aliphatic heterocycles. The second-order valence-corrected chi connectivity index (χ2v) is 11.5. The van der Waals surface area contributed by atoms with E-state index in [4.69, 9.17) is 9.72 Å². The number of hydrogen-bond donors (Lipinski definition) is 1. The van der Waals surface area contributed by atoms with E-state index < -0.39 is 0 Å². The molecule has 0 spiro atoms. The smallest absolute Gasteiger partial charge is 0.276 e. The molecule has 3 aliphatic rings. The predicted molar refractivity (Wildman–Crippen MR) is 158 cm³/mol. The van der Waals surface area contributed by atoms with Gasteiger partial charge in [-0.3, -0.25) is 9.59 Å². The molecule has 0 bridgehead atoms. The number of rotatable bonds is 5. The van der Waals surface area contributed by atoms with E-state index in [1.807, 2.05) is 59.5 Å². The normalized spacial score (nSPS) is 16.6. The molecule has 7 rings (SSSR count). The molecular weight excluding hydrogens is 520 g/mol. The summed E-state index contributed by atoms with van der Waals surface area (Å²) in [6, 6.07) is 24.3. The summed E-state index contributed by atoms with van der Waals surface area (Å²) < 4.78 is 5.50. The van der Waals surface area contributed by atoms with Gasteiger partial charge in [0.25, 0.3) is 11.8 Å². The van der Waals surface area contributed by atoms with Crippen LogP contribution in [0.4, 0.5) is 11.4 Å². The van der Waals surface area contributed by atoms with Crippen LogP contribution in [0.5, 0.6) is 0 Å². The van der Waals surface area contributed by atoms with Crippen LogP contribution in [0.2, 0.25) is 0 Å². The van der Waals surface area contributed by atoms with Crippen molar-refractivity contribution >= 4 is 34.5 Å². The molecule has 40 heavy (non-hydrogen) atoms. The Morgan fingerprint density at radius 3 is 2.60 bits per heavy atom. The Morgan fingerprint density at radius 2 is 1.75 bits per heavy atom. The maximum atomic E-state index is 14.0. The van der Waals surface area contributed by atoms with Gasteiger partial charge >= 0.3 is 0 Å². The molecule has 4 aromatic rings. The first-order chi connectivity index (χ1) is 19.6. The zero-order chi connectivity index (χ0) is 27.1. The zero-order valence-corrected chi connectivity index (χ0v) is 23.0. The Morgan fingerprint density at radius 1 is 0.925 bits per heavy atom. The van der Waals surface area contributed by atoms with E-state index in [2.05, 4.69) is 22.3 Å². The van der Waals surface area contributed by atoms with Crippen molar-refractivity contribution in [3.8, 4) is 21.7 Å². The molecule has 202 valence electrons. The minimum Gasteiger partial charge on any atom is -0.378 e. The van der Waals surface area contributed by atoms with Gasteiger partial charge in [0.1, 0.15) is 5.69 Å². The van der Waals surface area contributed by atoms with E-state index in [0.29, 0.717) is 24.7 Å². The van der Waals surface area contributed by atoms with Crippen LogP contribution in [0, 0.1) is 0 Å². The van der Waals surface area contributed by atoms with Gasteiger partial charge < -0.3 is 19.9 Å². The lowest BCUT2D eigenvalue weighted by molar-refractivity contribution is 0.0952. The Balaban J connectivity index is 1.17. The summed E-state index contributed by atoms with van der Waals surface area (Å²) in [5.74, 6) is -0.120. The molecule has 2 fully saturated rings. The summed E-state index contributed by atoms with van der Waals surface area (Å²) in [7, 11) is 0. The molecule has 8 heteroatoms. The summed E-state index contributed by atoms with van der Waals surface area (Å²) in [6.45, 7) is 3.70. The number of benzene rings is 2. The van der Waals surface area contributed by atoms with E-state index in [-0.39, 0.29) is 11.8 Å². The van der Waals surface area contributed by atoms with Crippen LogP contribution in [0.3, 0.4) is 0 Å². The van der Waals surface area contributed by atoms with Crippen molar-refractivity contribution in [2.75, 3.05) is 42.6 Å². The fourth-order valence-corrected chi connectivity index (χ4v) is 6.59. The summed E-state index contributed by atoms with van der Waals surface area (Å²) in [5, 5.41) is 3.10. The first kappa shape index (κ1) is 25.0. The van der Waals surface area contributed by atoms with E-state index in [0.717, 1.165) is 82.7 Å². The van der Waals surface area contributed by atoms with Gasteiger partial charge in [-0.25, -0.2) is 4.98 Å². The second kappa shape index (κ2) is 10.5. The van der Waals surface area contributed by atoms with Gasteiger partial charge in [0, 0.05) is 47.4 Å². The van der Waals surface area contributed by atoms with Gasteiger partial charge in [-0.2, -0.15) is 0 Å². The maximum absolute atomic E-state index is 14.0. The first-order valence-corrected chi connectivity index (χ1v) is 14.7. The molecule has 1 N–H and O–H groups in total. The second-order valence-electron chi connectivity index (χ2n) is 10.5. The molecule has 0 atom stereocenters. The molecule has 7 nitrogen and oxygen atoms in total. The third-order valence-electron chi connectivity index (χ3n) is 7.72. The summed E-state index contributed by atoms with van der Waals surface area (Å²) in [6.07, 6.45) is 2.79. The number of anilines is 2. The fraction of sp³-hybridized carbons (Fsp3) is 0.281. The van der Waals surface area contributed by atoms with Gasteiger partial charge in [-0.05, 0) is 61.2 Å². The number of hydrogen-bond acceptors (Lipinski definition) is 6. The van der Waals surface area contributed by atoms with E-state index in [9.17, 15) is 9.59 Å². The summed E-state index contributed by atoms with van der Waals surface area (Å²) >= 11 is 1.51. The molecule has 2 aromatic heterocycles. The minimum absolute atomic E-state index is 0.00434. The third-order valence-corrected chi connectivity index (χ3v) is 8.93. The highest BCUT2D eigenvalue weighted by Gasteiger charge is 2.30. The highest BCUT2D eigenvalue weighted by Crippen LogP contribution is 2.42. The monoisotopic (exact) mass is 550 g/mol. The van der Waals surface area contributed by atoms with Crippen molar-refractivity contribution in [2.24, 2.45) is 0 Å². The molecule has 2 amide bonds. The minimum atomic E-state index is -0.125. The number of fused-ring (bicyclic) bond motifs is 3. The summed E-state index contributed by atoms with van der Waals surface area (Å²) in [5.41, 5.74) is 6.24. The zero-order valence-electron chi connectivity index (χ0n) is 22.1. The van der Waals surface area contributed by atoms with Crippen LogP contribution in [-0.4, -0.2) is 55.7 Å². The van der Waals surface area contributed by atoms with Crippen LogP contribution in [0.25, 0.3) is 21.7 Å². The molecule has 2 aromatic carbocycles. The largest absolute Gasteiger partial charge is 0.378 e. The van der Waals surface area contributed by atoms with Gasteiger partial charge in [-0.1, -0.05) is 36.4 Å². The molecule has 4 heterocycles. The SMILES string of the molecule is O=C(NC1CC1)c1cc2c(s1)-c1ccccc1N(C(=O)c1cccc(-c3cccc(N4CCOCC4)c3)n1)CC2. The number of carbonyl (C=O) groups excluding carboxylic acids is 2. The standard InChI is InChI=1S/C32H30N4O3S/c37-31(33-23-11-12-23)29-20-22-13-14-36(28-10-2-1-7-25(28)30(22)40-29)32(38)27-9-4-8-26(34-27)21-5-3-6-24(19-21)35-15-17-39-18-16-35/h1-10,19-20,23H,11-18H2,(H,33,37). The maximum Gasteiger partial charge on any atom is 0.276 e. The van der Waals surface area contributed by atoms with Crippen molar-refractivity contribution < 1.29 is 14.3 Å². The Labute approximate surface area is 237 Å². The van der Waals surface area contributed by atoms with Crippen molar-refractivity contribution in [3.05, 3.63) is 88.9 Å². The lowest BCUT2D eigenvalue weighted by atomic mass is 10.1. The highest BCUT2D eigenvalue weighted by molar-refractivity contribution is 7.17. The molecule has 1 saturated carbocycles. The topological polar surface area (TPSA) is 74.8 Å². The number of pyridine rings is 1. The van der Waals surface area contributed by atoms with E-state index in [1.165, 1.54) is 11.3 Å².